The molecule has 0 saturated carbocycles. The Morgan fingerprint density at radius 1 is 1.27 bits per heavy atom. The second-order valence-corrected chi connectivity index (χ2v) is 4.97. The summed E-state index contributed by atoms with van der Waals surface area (Å²) in [6, 6.07) is 4.71. The monoisotopic (exact) mass is 310 g/mol. The van der Waals surface area contributed by atoms with Gasteiger partial charge < -0.3 is 19.7 Å². The fourth-order valence-electron chi connectivity index (χ4n) is 2.05. The minimum atomic E-state index is -0.511. The van der Waals surface area contributed by atoms with Crippen LogP contribution >= 0.6 is 0 Å². The smallest absolute Gasteiger partial charge is 0.321 e. The fraction of sp³-hybridized carbons (Fsp3) is 0.467. The second-order valence-electron chi connectivity index (χ2n) is 4.97. The van der Waals surface area contributed by atoms with E-state index in [1.54, 1.807) is 21.1 Å². The van der Waals surface area contributed by atoms with Crippen LogP contribution in [0.25, 0.3) is 0 Å². The summed E-state index contributed by atoms with van der Waals surface area (Å²) >= 11 is 0. The standard InChI is InChI=1S/C15H23N3O4/c1-10(14(19)17-15(20)16-2)18(3)9-11-7-6-8-12(21-4)13(11)22-5/h6-8,10H,9H2,1-5H3,(H2,16,17,19,20)/p+1/t10-/m1/s1. The summed E-state index contributed by atoms with van der Waals surface area (Å²) in [5.74, 6) is 0.970. The van der Waals surface area contributed by atoms with E-state index in [1.165, 1.54) is 7.05 Å². The minimum absolute atomic E-state index is 0.335. The molecule has 0 radical (unpaired) electrons. The zero-order valence-electron chi connectivity index (χ0n) is 13.6. The van der Waals surface area contributed by atoms with Gasteiger partial charge in [-0.25, -0.2) is 4.79 Å². The Labute approximate surface area is 130 Å². The highest BCUT2D eigenvalue weighted by Gasteiger charge is 2.24. The first kappa shape index (κ1) is 17.8. The molecular weight excluding hydrogens is 286 g/mol. The summed E-state index contributed by atoms with van der Waals surface area (Å²) in [6.07, 6.45) is 0. The molecule has 0 spiro atoms. The van der Waals surface area contributed by atoms with Crippen LogP contribution in [0.3, 0.4) is 0 Å². The lowest BCUT2D eigenvalue weighted by atomic mass is 10.1. The van der Waals surface area contributed by atoms with Crippen molar-refractivity contribution in [2.45, 2.75) is 19.5 Å². The number of rotatable bonds is 6. The van der Waals surface area contributed by atoms with E-state index in [0.717, 1.165) is 10.5 Å². The first-order valence-electron chi connectivity index (χ1n) is 6.99. The molecule has 2 atom stereocenters. The van der Waals surface area contributed by atoms with Gasteiger partial charge in [0.05, 0.1) is 26.8 Å². The molecule has 22 heavy (non-hydrogen) atoms. The lowest BCUT2D eigenvalue weighted by Crippen LogP contribution is -3.12. The van der Waals surface area contributed by atoms with E-state index in [1.807, 2.05) is 25.2 Å². The third-order valence-corrected chi connectivity index (χ3v) is 3.55. The van der Waals surface area contributed by atoms with Crippen LogP contribution in [0.2, 0.25) is 0 Å². The van der Waals surface area contributed by atoms with Gasteiger partial charge in [0, 0.05) is 7.05 Å². The topological polar surface area (TPSA) is 81.1 Å². The van der Waals surface area contributed by atoms with Crippen LogP contribution in [0.15, 0.2) is 18.2 Å². The molecule has 0 aliphatic rings. The molecule has 0 saturated heterocycles. The Kier molecular flexibility index (Phi) is 6.65. The molecule has 0 heterocycles. The molecule has 122 valence electrons. The minimum Gasteiger partial charge on any atom is -0.493 e. The number of hydrogen-bond donors (Lipinski definition) is 3. The number of carbonyl (C=O) groups excluding carboxylic acids is 2. The number of likely N-dealkylation sites (N-methyl/N-ethyl adjacent to an activating group) is 1. The van der Waals surface area contributed by atoms with Crippen molar-refractivity contribution in [1.82, 2.24) is 10.6 Å². The molecule has 1 aromatic rings. The zero-order chi connectivity index (χ0) is 16.7. The number of carbonyl (C=O) groups is 2. The molecule has 3 amide bonds. The first-order valence-corrected chi connectivity index (χ1v) is 6.99. The maximum absolute atomic E-state index is 12.0. The SMILES string of the molecule is CNC(=O)NC(=O)[C@@H](C)[NH+](C)Cc1cccc(OC)c1OC. The molecule has 0 aliphatic carbocycles. The Balaban J connectivity index is 2.82. The van der Waals surface area contributed by atoms with Crippen LogP contribution in [0, 0.1) is 0 Å². The molecule has 1 rings (SSSR count). The third-order valence-electron chi connectivity index (χ3n) is 3.55. The number of quaternary nitrogens is 1. The van der Waals surface area contributed by atoms with E-state index in [0.29, 0.717) is 18.0 Å². The van der Waals surface area contributed by atoms with Crippen LogP contribution in [0.4, 0.5) is 4.79 Å². The molecule has 0 aromatic heterocycles. The van der Waals surface area contributed by atoms with E-state index in [4.69, 9.17) is 9.47 Å². The van der Waals surface area contributed by atoms with E-state index < -0.39 is 12.1 Å². The molecule has 0 aliphatic heterocycles. The lowest BCUT2D eigenvalue weighted by Gasteiger charge is -2.22. The van der Waals surface area contributed by atoms with Crippen LogP contribution < -0.4 is 25.0 Å². The van der Waals surface area contributed by atoms with E-state index in [-0.39, 0.29) is 5.91 Å². The number of nitrogens with one attached hydrogen (secondary N) is 3. The van der Waals surface area contributed by atoms with E-state index in [9.17, 15) is 9.59 Å². The average molecular weight is 310 g/mol. The average Bonchev–Trinajstić information content (AvgIpc) is 2.53. The summed E-state index contributed by atoms with van der Waals surface area (Å²) in [4.78, 5) is 24.1. The van der Waals surface area contributed by atoms with Gasteiger partial charge in [0.1, 0.15) is 6.54 Å². The predicted molar refractivity (Wildman–Crippen MR) is 82.2 cm³/mol. The first-order chi connectivity index (χ1) is 10.4. The predicted octanol–water partition coefficient (Wildman–Crippen LogP) is -0.437. The van der Waals surface area contributed by atoms with Gasteiger partial charge >= 0.3 is 6.03 Å². The van der Waals surface area contributed by atoms with Crippen LogP contribution in [-0.2, 0) is 11.3 Å². The number of benzene rings is 1. The summed E-state index contributed by atoms with van der Waals surface area (Å²) in [6.45, 7) is 2.32. The van der Waals surface area contributed by atoms with Gasteiger partial charge in [0.25, 0.3) is 5.91 Å². The highest BCUT2D eigenvalue weighted by molar-refractivity contribution is 5.96. The maximum atomic E-state index is 12.0. The quantitative estimate of drug-likeness (QED) is 0.665. The zero-order valence-corrected chi connectivity index (χ0v) is 13.6. The maximum Gasteiger partial charge on any atom is 0.321 e. The highest BCUT2D eigenvalue weighted by Crippen LogP contribution is 2.30. The normalized spacial score (nSPS) is 13.0. The van der Waals surface area contributed by atoms with Gasteiger partial charge in [-0.05, 0) is 19.1 Å². The molecule has 7 nitrogen and oxygen atoms in total. The molecule has 3 N–H and O–H groups in total. The van der Waals surface area contributed by atoms with Crippen molar-refractivity contribution < 1.29 is 24.0 Å². The second kappa shape index (κ2) is 8.23. The largest absolute Gasteiger partial charge is 0.493 e. The molecular formula is C15H24N3O4+. The number of ether oxygens (including phenoxy) is 2. The van der Waals surface area contributed by atoms with Gasteiger partial charge in [-0.15, -0.1) is 0 Å². The number of amides is 3. The summed E-state index contributed by atoms with van der Waals surface area (Å²) in [7, 11) is 6.51. The Hall–Kier alpha value is -2.28. The van der Waals surface area contributed by atoms with Crippen molar-refractivity contribution in [2.24, 2.45) is 0 Å². The van der Waals surface area contributed by atoms with Crippen molar-refractivity contribution in [1.29, 1.82) is 0 Å². The number of urea groups is 1. The molecule has 0 bridgehead atoms. The molecule has 1 aromatic carbocycles. The third kappa shape index (κ3) is 4.36. The van der Waals surface area contributed by atoms with Crippen molar-refractivity contribution in [3.63, 3.8) is 0 Å². The van der Waals surface area contributed by atoms with E-state index >= 15 is 0 Å². The Bertz CT molecular complexity index is 534. The van der Waals surface area contributed by atoms with Gasteiger partial charge in [-0.2, -0.15) is 0 Å². The molecule has 7 heteroatoms. The Morgan fingerprint density at radius 3 is 2.50 bits per heavy atom. The number of hydrogen-bond acceptors (Lipinski definition) is 4. The molecule has 0 fully saturated rings. The molecule has 1 unspecified atom stereocenters. The van der Waals surface area contributed by atoms with Crippen molar-refractivity contribution in [2.75, 3.05) is 28.3 Å². The number of para-hydroxylation sites is 1. The summed E-state index contributed by atoms with van der Waals surface area (Å²) < 4.78 is 10.7. The van der Waals surface area contributed by atoms with Crippen molar-refractivity contribution in [3.8, 4) is 11.5 Å². The van der Waals surface area contributed by atoms with Gasteiger partial charge in [0.2, 0.25) is 0 Å². The van der Waals surface area contributed by atoms with Crippen LogP contribution in [-0.4, -0.2) is 46.3 Å². The van der Waals surface area contributed by atoms with Gasteiger partial charge in [0.15, 0.2) is 17.5 Å². The summed E-state index contributed by atoms with van der Waals surface area (Å²) in [5, 5.41) is 4.64. The van der Waals surface area contributed by atoms with Gasteiger partial charge in [-0.1, -0.05) is 6.07 Å². The fourth-order valence-corrected chi connectivity index (χ4v) is 2.05. The Morgan fingerprint density at radius 2 is 1.95 bits per heavy atom. The van der Waals surface area contributed by atoms with Crippen LogP contribution in [0.5, 0.6) is 11.5 Å². The van der Waals surface area contributed by atoms with Crippen molar-refractivity contribution >= 4 is 11.9 Å². The van der Waals surface area contributed by atoms with Gasteiger partial charge in [-0.3, -0.25) is 10.1 Å². The number of imide groups is 1. The highest BCUT2D eigenvalue weighted by atomic mass is 16.5. The van der Waals surface area contributed by atoms with Crippen molar-refractivity contribution in [3.05, 3.63) is 23.8 Å². The summed E-state index contributed by atoms with van der Waals surface area (Å²) in [5.41, 5.74) is 0.930. The number of methoxy groups -OCH3 is 2. The lowest BCUT2D eigenvalue weighted by molar-refractivity contribution is -0.908. The van der Waals surface area contributed by atoms with Crippen LogP contribution in [0.1, 0.15) is 12.5 Å². The van der Waals surface area contributed by atoms with E-state index in [2.05, 4.69) is 10.6 Å².